The standard InChI is InChI=1S/C17H29NS/c1-5-12-18-15(2)14-17(3,4)11-13-19-16-9-7-6-8-10-16/h6-10,15,18H,5,11-14H2,1-4H3. The van der Waals surface area contributed by atoms with Crippen molar-refractivity contribution in [3.05, 3.63) is 30.3 Å². The molecule has 0 aliphatic carbocycles. The van der Waals surface area contributed by atoms with Crippen LogP contribution in [0.25, 0.3) is 0 Å². The molecule has 0 heterocycles. The monoisotopic (exact) mass is 279 g/mol. The minimum atomic E-state index is 0.419. The van der Waals surface area contributed by atoms with Crippen molar-refractivity contribution in [2.75, 3.05) is 12.3 Å². The quantitative estimate of drug-likeness (QED) is 0.640. The van der Waals surface area contributed by atoms with Gasteiger partial charge in [-0.25, -0.2) is 0 Å². The van der Waals surface area contributed by atoms with Crippen LogP contribution < -0.4 is 5.32 Å². The van der Waals surface area contributed by atoms with Crippen LogP contribution in [0, 0.1) is 5.41 Å². The van der Waals surface area contributed by atoms with E-state index >= 15 is 0 Å². The van der Waals surface area contributed by atoms with Crippen molar-refractivity contribution < 1.29 is 0 Å². The van der Waals surface area contributed by atoms with Crippen molar-refractivity contribution in [1.29, 1.82) is 0 Å². The van der Waals surface area contributed by atoms with Gasteiger partial charge < -0.3 is 5.32 Å². The van der Waals surface area contributed by atoms with E-state index in [-0.39, 0.29) is 0 Å². The van der Waals surface area contributed by atoms with E-state index in [0.717, 1.165) is 6.54 Å². The summed E-state index contributed by atoms with van der Waals surface area (Å²) in [5.74, 6) is 1.21. The van der Waals surface area contributed by atoms with Gasteiger partial charge in [0.15, 0.2) is 0 Å². The summed E-state index contributed by atoms with van der Waals surface area (Å²) in [6, 6.07) is 11.3. The molecule has 0 aliphatic rings. The lowest BCUT2D eigenvalue weighted by Gasteiger charge is -2.28. The second-order valence-electron chi connectivity index (χ2n) is 6.14. The molecule has 1 rings (SSSR count). The van der Waals surface area contributed by atoms with Gasteiger partial charge >= 0.3 is 0 Å². The Balaban J connectivity index is 2.26. The van der Waals surface area contributed by atoms with Crippen LogP contribution in [0.3, 0.4) is 0 Å². The Hall–Kier alpha value is -0.470. The first kappa shape index (κ1) is 16.6. The Morgan fingerprint density at radius 2 is 1.89 bits per heavy atom. The van der Waals surface area contributed by atoms with Crippen LogP contribution in [0.5, 0.6) is 0 Å². The summed E-state index contributed by atoms with van der Waals surface area (Å²) in [6.07, 6.45) is 3.74. The Morgan fingerprint density at radius 3 is 2.53 bits per heavy atom. The highest BCUT2D eigenvalue weighted by molar-refractivity contribution is 7.99. The van der Waals surface area contributed by atoms with Crippen molar-refractivity contribution in [2.24, 2.45) is 5.41 Å². The molecule has 1 unspecified atom stereocenters. The van der Waals surface area contributed by atoms with Gasteiger partial charge in [0.05, 0.1) is 0 Å². The molecule has 19 heavy (non-hydrogen) atoms. The molecule has 1 aromatic carbocycles. The summed E-state index contributed by atoms with van der Waals surface area (Å²) in [4.78, 5) is 1.38. The van der Waals surface area contributed by atoms with Gasteiger partial charge in [0.1, 0.15) is 0 Å². The molecule has 0 fully saturated rings. The van der Waals surface area contributed by atoms with Crippen molar-refractivity contribution in [2.45, 2.75) is 57.9 Å². The van der Waals surface area contributed by atoms with Crippen molar-refractivity contribution in [3.8, 4) is 0 Å². The lowest BCUT2D eigenvalue weighted by molar-refractivity contribution is 0.281. The SMILES string of the molecule is CCCNC(C)CC(C)(C)CCSc1ccccc1. The van der Waals surface area contributed by atoms with Crippen LogP contribution in [-0.4, -0.2) is 18.3 Å². The van der Waals surface area contributed by atoms with Gasteiger partial charge in [-0.05, 0) is 56.0 Å². The zero-order valence-electron chi connectivity index (χ0n) is 12.9. The predicted molar refractivity (Wildman–Crippen MR) is 87.9 cm³/mol. The Kier molecular flexibility index (Phi) is 7.55. The van der Waals surface area contributed by atoms with Gasteiger partial charge in [-0.3, -0.25) is 0 Å². The van der Waals surface area contributed by atoms with Crippen molar-refractivity contribution >= 4 is 11.8 Å². The fourth-order valence-corrected chi connectivity index (χ4v) is 3.60. The van der Waals surface area contributed by atoms with Crippen LogP contribution in [0.4, 0.5) is 0 Å². The van der Waals surface area contributed by atoms with Gasteiger partial charge in [-0.15, -0.1) is 11.8 Å². The van der Waals surface area contributed by atoms with Crippen LogP contribution >= 0.6 is 11.8 Å². The maximum Gasteiger partial charge on any atom is 0.00719 e. The second-order valence-corrected chi connectivity index (χ2v) is 7.30. The first-order valence-electron chi connectivity index (χ1n) is 7.45. The van der Waals surface area contributed by atoms with Gasteiger partial charge in [-0.1, -0.05) is 39.0 Å². The van der Waals surface area contributed by atoms with Gasteiger partial charge in [0.25, 0.3) is 0 Å². The highest BCUT2D eigenvalue weighted by atomic mass is 32.2. The predicted octanol–water partition coefficient (Wildman–Crippen LogP) is 4.97. The maximum absolute atomic E-state index is 3.59. The molecule has 0 radical (unpaired) electrons. The molecule has 1 atom stereocenters. The third-order valence-electron chi connectivity index (χ3n) is 3.39. The molecule has 1 N–H and O–H groups in total. The molecule has 0 saturated carbocycles. The molecular formula is C17H29NS. The first-order chi connectivity index (χ1) is 9.03. The summed E-state index contributed by atoms with van der Waals surface area (Å²) in [5, 5.41) is 3.59. The Bertz CT molecular complexity index is 334. The number of hydrogen-bond donors (Lipinski definition) is 1. The third-order valence-corrected chi connectivity index (χ3v) is 4.41. The van der Waals surface area contributed by atoms with Gasteiger partial charge in [-0.2, -0.15) is 0 Å². The molecule has 108 valence electrons. The van der Waals surface area contributed by atoms with E-state index in [2.05, 4.69) is 63.3 Å². The summed E-state index contributed by atoms with van der Waals surface area (Å²) in [7, 11) is 0. The summed E-state index contributed by atoms with van der Waals surface area (Å²) >= 11 is 1.97. The number of thioether (sulfide) groups is 1. The van der Waals surface area contributed by atoms with Crippen molar-refractivity contribution in [3.63, 3.8) is 0 Å². The average molecular weight is 279 g/mol. The highest BCUT2D eigenvalue weighted by Gasteiger charge is 2.20. The van der Waals surface area contributed by atoms with Crippen LogP contribution in [0.15, 0.2) is 35.2 Å². The van der Waals surface area contributed by atoms with E-state index in [1.54, 1.807) is 0 Å². The lowest BCUT2D eigenvalue weighted by Crippen LogP contribution is -2.32. The molecule has 0 saturated heterocycles. The Labute approximate surface area is 123 Å². The minimum absolute atomic E-state index is 0.419. The van der Waals surface area contributed by atoms with Crippen LogP contribution in [0.1, 0.15) is 47.0 Å². The molecule has 0 aromatic heterocycles. The maximum atomic E-state index is 3.59. The third kappa shape index (κ3) is 7.64. The molecular weight excluding hydrogens is 250 g/mol. The summed E-state index contributed by atoms with van der Waals surface area (Å²) < 4.78 is 0. The minimum Gasteiger partial charge on any atom is -0.314 e. The van der Waals surface area contributed by atoms with E-state index in [9.17, 15) is 0 Å². The van der Waals surface area contributed by atoms with E-state index < -0.39 is 0 Å². The number of hydrogen-bond acceptors (Lipinski definition) is 2. The van der Waals surface area contributed by atoms with Crippen LogP contribution in [-0.2, 0) is 0 Å². The zero-order valence-corrected chi connectivity index (χ0v) is 13.7. The highest BCUT2D eigenvalue weighted by Crippen LogP contribution is 2.30. The lowest BCUT2D eigenvalue weighted by atomic mass is 9.83. The van der Waals surface area contributed by atoms with Crippen molar-refractivity contribution in [1.82, 2.24) is 5.32 Å². The van der Waals surface area contributed by atoms with E-state index in [4.69, 9.17) is 0 Å². The van der Waals surface area contributed by atoms with E-state index in [0.29, 0.717) is 11.5 Å². The smallest absolute Gasteiger partial charge is 0.00719 e. The molecule has 0 aliphatic heterocycles. The normalized spacial score (nSPS) is 13.5. The van der Waals surface area contributed by atoms with E-state index in [1.807, 2.05) is 11.8 Å². The first-order valence-corrected chi connectivity index (χ1v) is 8.43. The van der Waals surface area contributed by atoms with E-state index in [1.165, 1.54) is 29.9 Å². The van der Waals surface area contributed by atoms with Gasteiger partial charge in [0.2, 0.25) is 0 Å². The molecule has 2 heteroatoms. The molecule has 1 nitrogen and oxygen atoms in total. The van der Waals surface area contributed by atoms with Gasteiger partial charge in [0, 0.05) is 10.9 Å². The molecule has 0 spiro atoms. The number of benzene rings is 1. The molecule has 0 bridgehead atoms. The largest absolute Gasteiger partial charge is 0.314 e. The average Bonchev–Trinajstić information content (AvgIpc) is 2.37. The number of rotatable bonds is 9. The zero-order chi connectivity index (χ0) is 14.1. The topological polar surface area (TPSA) is 12.0 Å². The fourth-order valence-electron chi connectivity index (χ4n) is 2.36. The summed E-state index contributed by atoms with van der Waals surface area (Å²) in [5.41, 5.74) is 0.419. The molecule has 0 amide bonds. The number of nitrogens with one attached hydrogen (secondary N) is 1. The summed E-state index contributed by atoms with van der Waals surface area (Å²) in [6.45, 7) is 10.4. The van der Waals surface area contributed by atoms with Crippen LogP contribution in [0.2, 0.25) is 0 Å². The Morgan fingerprint density at radius 1 is 1.21 bits per heavy atom. The second kappa shape index (κ2) is 8.65. The fraction of sp³-hybridized carbons (Fsp3) is 0.647. The molecule has 1 aromatic rings.